The molecule has 0 radical (unpaired) electrons. The summed E-state index contributed by atoms with van der Waals surface area (Å²) in [7, 11) is 0. The highest BCUT2D eigenvalue weighted by molar-refractivity contribution is 7.99. The van der Waals surface area contributed by atoms with Crippen LogP contribution in [0.2, 0.25) is 0 Å². The van der Waals surface area contributed by atoms with Gasteiger partial charge in [0.15, 0.2) is 12.4 Å². The largest absolute Gasteiger partial charge is 0.416 e. The van der Waals surface area contributed by atoms with Gasteiger partial charge in [0.1, 0.15) is 13.1 Å². The molecule has 0 aliphatic rings. The van der Waals surface area contributed by atoms with Crippen LogP contribution < -0.4 is 9.13 Å². The van der Waals surface area contributed by atoms with Gasteiger partial charge < -0.3 is 0 Å². The minimum absolute atomic E-state index is 0.527. The minimum Gasteiger partial charge on any atom is -0.197 e. The van der Waals surface area contributed by atoms with Crippen molar-refractivity contribution in [3.63, 3.8) is 0 Å². The van der Waals surface area contributed by atoms with E-state index in [9.17, 15) is 26.3 Å². The average molecular weight is 681 g/mol. The van der Waals surface area contributed by atoms with Crippen LogP contribution in [0.25, 0.3) is 21.8 Å². The van der Waals surface area contributed by atoms with Gasteiger partial charge in [0.25, 0.3) is 0 Å². The zero-order valence-corrected chi connectivity index (χ0v) is 26.7. The van der Waals surface area contributed by atoms with E-state index < -0.39 is 23.5 Å². The molecule has 0 saturated heterocycles. The van der Waals surface area contributed by atoms with Crippen LogP contribution in [0.1, 0.15) is 30.4 Å². The van der Waals surface area contributed by atoms with Gasteiger partial charge in [-0.3, -0.25) is 0 Å². The monoisotopic (exact) mass is 680 g/mol. The first-order valence-corrected chi connectivity index (χ1v) is 16.7. The van der Waals surface area contributed by atoms with Crippen molar-refractivity contribution >= 4 is 45.3 Å². The van der Waals surface area contributed by atoms with Crippen molar-refractivity contribution in [3.05, 3.63) is 133 Å². The third kappa shape index (κ3) is 8.29. The fourth-order valence-electron chi connectivity index (χ4n) is 5.54. The molecule has 0 N–H and O–H groups in total. The van der Waals surface area contributed by atoms with Crippen molar-refractivity contribution in [2.24, 2.45) is 0 Å². The molecule has 2 nitrogen and oxygen atoms in total. The van der Waals surface area contributed by atoms with Crippen LogP contribution in [0, 0.1) is 0 Å². The number of hydrogen-bond donors (Lipinski definition) is 0. The number of hydrogen-bond acceptors (Lipinski definition) is 2. The maximum Gasteiger partial charge on any atom is 0.416 e. The van der Waals surface area contributed by atoms with Gasteiger partial charge in [0.2, 0.25) is 11.0 Å². The highest BCUT2D eigenvalue weighted by atomic mass is 32.2. The SMILES string of the molecule is FC(F)(F)c1cccc(Sc2cc3ccccc3[n+](CCCCC[n+]3cc(Sc4cccc(C(F)(F)F)c4)cc4ccccc43)c2)c1. The van der Waals surface area contributed by atoms with Crippen LogP contribution in [0.4, 0.5) is 26.3 Å². The van der Waals surface area contributed by atoms with Crippen molar-refractivity contribution in [2.75, 3.05) is 0 Å². The summed E-state index contributed by atoms with van der Waals surface area (Å²) in [6.45, 7) is 1.49. The average Bonchev–Trinajstić information content (AvgIpc) is 3.04. The second-order valence-electron chi connectivity index (χ2n) is 11.2. The first kappa shape index (κ1) is 32.9. The van der Waals surface area contributed by atoms with E-state index in [2.05, 4.69) is 9.13 Å². The van der Waals surface area contributed by atoms with E-state index in [0.717, 1.165) is 76.1 Å². The molecular formula is C37H30F6N2S2+2. The quantitative estimate of drug-likeness (QED) is 0.0808. The second-order valence-corrected chi connectivity index (χ2v) is 13.5. The Morgan fingerprint density at radius 1 is 0.447 bits per heavy atom. The molecule has 0 amide bonds. The zero-order chi connectivity index (χ0) is 33.0. The van der Waals surface area contributed by atoms with E-state index in [1.165, 1.54) is 47.8 Å². The number of pyridine rings is 2. The normalized spacial score (nSPS) is 12.2. The predicted octanol–water partition coefficient (Wildman–Crippen LogP) is 10.8. The third-order valence-corrected chi connectivity index (χ3v) is 9.64. The van der Waals surface area contributed by atoms with Crippen LogP contribution in [0.5, 0.6) is 0 Å². The molecule has 0 fully saturated rings. The lowest BCUT2D eigenvalue weighted by molar-refractivity contribution is -0.677. The highest BCUT2D eigenvalue weighted by Gasteiger charge is 2.31. The number of aromatic nitrogens is 2. The van der Waals surface area contributed by atoms with E-state index >= 15 is 0 Å². The van der Waals surface area contributed by atoms with Crippen molar-refractivity contribution in [1.29, 1.82) is 0 Å². The third-order valence-electron chi connectivity index (χ3n) is 7.75. The Bertz CT molecular complexity index is 1880. The number of benzene rings is 4. The Morgan fingerprint density at radius 2 is 0.872 bits per heavy atom. The summed E-state index contributed by atoms with van der Waals surface area (Å²) in [5, 5.41) is 2.03. The first-order valence-electron chi connectivity index (χ1n) is 15.1. The fraction of sp³-hybridized carbons (Fsp3) is 0.189. The van der Waals surface area contributed by atoms with Crippen molar-refractivity contribution in [2.45, 2.75) is 64.3 Å². The van der Waals surface area contributed by atoms with Crippen molar-refractivity contribution < 1.29 is 35.5 Å². The number of nitrogens with zero attached hydrogens (tertiary/aromatic N) is 2. The number of halogens is 6. The fourth-order valence-corrected chi connectivity index (χ4v) is 7.48. The number of aryl methyl sites for hydroxylation is 2. The molecule has 0 atom stereocenters. The van der Waals surface area contributed by atoms with Crippen molar-refractivity contribution in [3.8, 4) is 0 Å². The molecule has 0 saturated carbocycles. The van der Waals surface area contributed by atoms with Crippen LogP contribution in [-0.2, 0) is 25.4 Å². The van der Waals surface area contributed by atoms with Crippen LogP contribution in [0.3, 0.4) is 0 Å². The van der Waals surface area contributed by atoms with Gasteiger partial charge in [-0.05, 0) is 67.1 Å². The maximum atomic E-state index is 13.3. The Labute approximate surface area is 277 Å². The van der Waals surface area contributed by atoms with Gasteiger partial charge in [-0.15, -0.1) is 0 Å². The molecular weight excluding hydrogens is 651 g/mol. The van der Waals surface area contributed by atoms with E-state index in [-0.39, 0.29) is 0 Å². The summed E-state index contributed by atoms with van der Waals surface area (Å²) < 4.78 is 84.0. The van der Waals surface area contributed by atoms with Gasteiger partial charge in [-0.1, -0.05) is 59.9 Å². The predicted molar refractivity (Wildman–Crippen MR) is 173 cm³/mol. The van der Waals surface area contributed by atoms with E-state index in [4.69, 9.17) is 0 Å². The summed E-state index contributed by atoms with van der Waals surface area (Å²) in [4.78, 5) is 2.78. The molecule has 0 aliphatic heterocycles. The Hall–Kier alpha value is -4.02. The van der Waals surface area contributed by atoms with Crippen LogP contribution in [-0.4, -0.2) is 0 Å². The van der Waals surface area contributed by atoms with Gasteiger partial charge >= 0.3 is 12.4 Å². The number of para-hydroxylation sites is 2. The Morgan fingerprint density at radius 3 is 1.30 bits per heavy atom. The molecule has 240 valence electrons. The molecule has 6 rings (SSSR count). The lowest BCUT2D eigenvalue weighted by atomic mass is 10.2. The van der Waals surface area contributed by atoms with Gasteiger partial charge in [0, 0.05) is 45.5 Å². The number of rotatable bonds is 10. The lowest BCUT2D eigenvalue weighted by Gasteiger charge is -2.09. The Balaban J connectivity index is 1.14. The van der Waals surface area contributed by atoms with Crippen LogP contribution >= 0.6 is 23.5 Å². The minimum atomic E-state index is -4.40. The molecule has 2 aromatic heterocycles. The molecule has 4 aromatic carbocycles. The van der Waals surface area contributed by atoms with Gasteiger partial charge in [-0.2, -0.15) is 35.5 Å². The molecule has 0 aliphatic carbocycles. The number of alkyl halides is 6. The highest BCUT2D eigenvalue weighted by Crippen LogP contribution is 2.36. The lowest BCUT2D eigenvalue weighted by Crippen LogP contribution is -2.36. The maximum absolute atomic E-state index is 13.3. The molecule has 6 aromatic rings. The second kappa shape index (κ2) is 14.0. The van der Waals surface area contributed by atoms with Gasteiger partial charge in [-0.25, -0.2) is 0 Å². The summed E-state index contributed by atoms with van der Waals surface area (Å²) in [6.07, 6.45) is -2.07. The Kier molecular flexibility index (Phi) is 9.80. The van der Waals surface area contributed by atoms with Crippen LogP contribution in [0.15, 0.2) is 141 Å². The molecule has 47 heavy (non-hydrogen) atoms. The standard InChI is InChI=1S/C37H30F6N2S2/c38-36(39,40)28-12-8-14-30(22-28)46-32-20-26-10-2-4-16-34(26)44(24-32)18-6-1-7-19-45-25-33(21-27-11-3-5-17-35(27)45)47-31-15-9-13-29(23-31)37(41,42)43/h2-5,8-17,20-25H,1,6-7,18-19H2/q+2. The summed E-state index contributed by atoms with van der Waals surface area (Å²) in [5.74, 6) is 0. The van der Waals surface area contributed by atoms with E-state index in [1.54, 1.807) is 12.1 Å². The molecule has 2 heterocycles. The summed E-state index contributed by atoms with van der Waals surface area (Å²) >= 11 is 2.62. The zero-order valence-electron chi connectivity index (χ0n) is 25.1. The van der Waals surface area contributed by atoms with Gasteiger partial charge in [0.05, 0.1) is 20.9 Å². The van der Waals surface area contributed by atoms with E-state index in [1.807, 2.05) is 73.1 Å². The molecule has 10 heteroatoms. The molecule has 0 spiro atoms. The topological polar surface area (TPSA) is 7.76 Å². The number of fused-ring (bicyclic) bond motifs is 2. The molecule has 0 unspecified atom stereocenters. The van der Waals surface area contributed by atoms with Crippen molar-refractivity contribution in [1.82, 2.24) is 0 Å². The smallest absolute Gasteiger partial charge is 0.197 e. The van der Waals surface area contributed by atoms with E-state index in [0.29, 0.717) is 9.79 Å². The summed E-state index contributed by atoms with van der Waals surface area (Å²) in [6, 6.07) is 30.7. The first-order chi connectivity index (χ1) is 22.5. The molecule has 0 bridgehead atoms. The summed E-state index contributed by atoms with van der Waals surface area (Å²) in [5.41, 5.74) is 0.782. The number of unbranched alkanes of at least 4 members (excludes halogenated alkanes) is 2.